The van der Waals surface area contributed by atoms with Crippen molar-refractivity contribution in [3.63, 3.8) is 0 Å². The number of amides is 1. The molecule has 1 atom stereocenters. The summed E-state index contributed by atoms with van der Waals surface area (Å²) in [5, 5.41) is 12.3. The average molecular weight is 368 g/mol. The molecule has 2 aromatic rings. The van der Waals surface area contributed by atoms with Crippen molar-refractivity contribution in [3.8, 4) is 5.75 Å². The minimum absolute atomic E-state index is 0.159. The van der Waals surface area contributed by atoms with Crippen molar-refractivity contribution in [2.45, 2.75) is 32.7 Å². The van der Waals surface area contributed by atoms with E-state index in [1.54, 1.807) is 19.9 Å². The van der Waals surface area contributed by atoms with Crippen LogP contribution in [0.25, 0.3) is 11.0 Å². The van der Waals surface area contributed by atoms with Crippen LogP contribution in [0.15, 0.2) is 21.3 Å². The number of fused-ring (bicyclic) bond motifs is 1. The molecule has 25 heavy (non-hydrogen) atoms. The van der Waals surface area contributed by atoms with E-state index in [1.165, 1.54) is 13.2 Å². The summed E-state index contributed by atoms with van der Waals surface area (Å²) in [5.41, 5.74) is 0.346. The highest BCUT2D eigenvalue weighted by Crippen LogP contribution is 2.31. The maximum Gasteiger partial charge on any atom is 0.340 e. The number of hydrogen-bond donors (Lipinski definition) is 2. The zero-order valence-corrected chi connectivity index (χ0v) is 14.8. The first-order valence-corrected chi connectivity index (χ1v) is 7.98. The van der Waals surface area contributed by atoms with Crippen LogP contribution >= 0.6 is 11.6 Å². The van der Waals surface area contributed by atoms with E-state index in [4.69, 9.17) is 25.9 Å². The summed E-state index contributed by atoms with van der Waals surface area (Å²) in [6, 6.07) is 2.11. The van der Waals surface area contributed by atoms with Crippen molar-refractivity contribution in [2.24, 2.45) is 0 Å². The fourth-order valence-electron chi connectivity index (χ4n) is 2.49. The number of carbonyl (C=O) groups excluding carboxylic acids is 1. The van der Waals surface area contributed by atoms with Crippen LogP contribution in [-0.4, -0.2) is 30.1 Å². The zero-order chi connectivity index (χ0) is 18.7. The van der Waals surface area contributed by atoms with Gasteiger partial charge in [-0.3, -0.25) is 4.79 Å². The Morgan fingerprint density at radius 1 is 1.40 bits per heavy atom. The van der Waals surface area contributed by atoms with E-state index in [-0.39, 0.29) is 18.4 Å². The van der Waals surface area contributed by atoms with E-state index >= 15 is 0 Å². The quantitative estimate of drug-likeness (QED) is 0.759. The molecule has 2 N–H and O–H groups in total. The summed E-state index contributed by atoms with van der Waals surface area (Å²) in [6.07, 6.45) is -0.0423. The highest BCUT2D eigenvalue weighted by atomic mass is 35.5. The highest BCUT2D eigenvalue weighted by molar-refractivity contribution is 6.32. The lowest BCUT2D eigenvalue weighted by Crippen LogP contribution is -2.41. The van der Waals surface area contributed by atoms with Gasteiger partial charge in [-0.2, -0.15) is 0 Å². The van der Waals surface area contributed by atoms with Crippen LogP contribution in [0.4, 0.5) is 0 Å². The number of halogens is 1. The van der Waals surface area contributed by atoms with Crippen LogP contribution < -0.4 is 15.7 Å². The molecule has 0 spiro atoms. The van der Waals surface area contributed by atoms with Gasteiger partial charge in [-0.05, 0) is 25.0 Å². The topological polar surface area (TPSA) is 106 Å². The van der Waals surface area contributed by atoms with Gasteiger partial charge in [0.05, 0.1) is 24.1 Å². The van der Waals surface area contributed by atoms with Crippen molar-refractivity contribution >= 4 is 34.4 Å². The Balaban J connectivity index is 2.40. The van der Waals surface area contributed by atoms with E-state index in [9.17, 15) is 14.4 Å². The fraction of sp³-hybridized carbons (Fsp3) is 0.353. The molecule has 0 saturated carbocycles. The maximum absolute atomic E-state index is 12.2. The Labute approximate surface area is 148 Å². The number of hydrogen-bond acceptors (Lipinski definition) is 5. The van der Waals surface area contributed by atoms with Gasteiger partial charge in [-0.25, -0.2) is 9.59 Å². The maximum atomic E-state index is 12.2. The van der Waals surface area contributed by atoms with E-state index in [1.807, 2.05) is 0 Å². The summed E-state index contributed by atoms with van der Waals surface area (Å²) in [4.78, 5) is 35.3. The van der Waals surface area contributed by atoms with Gasteiger partial charge in [-0.15, -0.1) is 0 Å². The molecule has 134 valence electrons. The molecule has 0 radical (unpaired) electrons. The first kappa shape index (κ1) is 18.8. The van der Waals surface area contributed by atoms with Gasteiger partial charge in [0, 0.05) is 11.5 Å². The number of ether oxygens (including phenoxy) is 1. The van der Waals surface area contributed by atoms with Crippen molar-refractivity contribution in [3.05, 3.63) is 38.7 Å². The zero-order valence-electron chi connectivity index (χ0n) is 14.0. The second-order valence-electron chi connectivity index (χ2n) is 5.52. The molecule has 0 unspecified atom stereocenters. The largest absolute Gasteiger partial charge is 0.495 e. The predicted molar refractivity (Wildman–Crippen MR) is 92.3 cm³/mol. The lowest BCUT2D eigenvalue weighted by Gasteiger charge is -2.13. The summed E-state index contributed by atoms with van der Waals surface area (Å²) >= 11 is 6.11. The van der Waals surface area contributed by atoms with Gasteiger partial charge in [0.2, 0.25) is 5.91 Å². The molecule has 0 fully saturated rings. The average Bonchev–Trinajstić information content (AvgIpc) is 2.56. The molecular formula is C17H18ClNO6. The lowest BCUT2D eigenvalue weighted by atomic mass is 10.0. The van der Waals surface area contributed by atoms with Gasteiger partial charge in [0.25, 0.3) is 0 Å². The van der Waals surface area contributed by atoms with E-state index in [0.29, 0.717) is 27.3 Å². The van der Waals surface area contributed by atoms with Crippen LogP contribution in [-0.2, 0) is 16.0 Å². The third-order valence-corrected chi connectivity index (χ3v) is 4.23. The van der Waals surface area contributed by atoms with Gasteiger partial charge in [0.15, 0.2) is 0 Å². The fourth-order valence-corrected chi connectivity index (χ4v) is 2.74. The number of aryl methyl sites for hydroxylation is 1. The number of rotatable bonds is 6. The molecule has 1 aromatic heterocycles. The second kappa shape index (κ2) is 7.57. The Morgan fingerprint density at radius 3 is 2.64 bits per heavy atom. The molecule has 2 rings (SSSR count). The number of benzene rings is 1. The Kier molecular flexibility index (Phi) is 5.69. The summed E-state index contributed by atoms with van der Waals surface area (Å²) in [6.45, 7) is 3.32. The molecule has 1 amide bonds. The standard InChI is InChI=1S/C17H18ClNO6/c1-4-12(16(21)22)19-15(20)6-10-8(2)9-5-11(18)14(24-3)7-13(9)25-17(10)23/h5,7,12H,4,6H2,1-3H3,(H,19,20)(H,21,22)/t12-/m0/s1. The molecule has 1 aromatic carbocycles. The van der Waals surface area contributed by atoms with Crippen LogP contribution in [0.3, 0.4) is 0 Å². The molecule has 0 aliphatic carbocycles. The van der Waals surface area contributed by atoms with Crippen molar-refractivity contribution < 1.29 is 23.8 Å². The smallest absolute Gasteiger partial charge is 0.340 e. The molecule has 0 aliphatic heterocycles. The van der Waals surface area contributed by atoms with Crippen molar-refractivity contribution in [1.29, 1.82) is 0 Å². The van der Waals surface area contributed by atoms with Crippen molar-refractivity contribution in [1.82, 2.24) is 5.32 Å². The summed E-state index contributed by atoms with van der Waals surface area (Å²) < 4.78 is 10.4. The van der Waals surface area contributed by atoms with Gasteiger partial charge in [-0.1, -0.05) is 18.5 Å². The van der Waals surface area contributed by atoms with Crippen LogP contribution in [0.1, 0.15) is 24.5 Å². The number of carbonyl (C=O) groups is 2. The molecule has 7 nitrogen and oxygen atoms in total. The van der Waals surface area contributed by atoms with E-state index < -0.39 is 23.5 Å². The summed E-state index contributed by atoms with van der Waals surface area (Å²) in [5.74, 6) is -1.32. The number of carboxylic acid groups (broad SMARTS) is 1. The minimum Gasteiger partial charge on any atom is -0.495 e. The molecule has 0 saturated heterocycles. The van der Waals surface area contributed by atoms with Gasteiger partial charge < -0.3 is 19.6 Å². The molecule has 0 aliphatic rings. The van der Waals surface area contributed by atoms with Crippen LogP contribution in [0.5, 0.6) is 5.75 Å². The lowest BCUT2D eigenvalue weighted by molar-refractivity contribution is -0.141. The Morgan fingerprint density at radius 2 is 2.08 bits per heavy atom. The molecular weight excluding hydrogens is 350 g/mol. The number of aliphatic carboxylic acids is 1. The number of methoxy groups -OCH3 is 1. The van der Waals surface area contributed by atoms with E-state index in [0.717, 1.165) is 0 Å². The Bertz CT molecular complexity index is 889. The molecule has 1 heterocycles. The molecule has 8 heteroatoms. The second-order valence-corrected chi connectivity index (χ2v) is 5.93. The first-order chi connectivity index (χ1) is 11.8. The third-order valence-electron chi connectivity index (χ3n) is 3.94. The monoisotopic (exact) mass is 367 g/mol. The minimum atomic E-state index is -1.13. The Hall–Kier alpha value is -2.54. The van der Waals surface area contributed by atoms with Gasteiger partial charge in [0.1, 0.15) is 17.4 Å². The third kappa shape index (κ3) is 3.93. The summed E-state index contributed by atoms with van der Waals surface area (Å²) in [7, 11) is 1.45. The number of nitrogens with one attached hydrogen (secondary N) is 1. The van der Waals surface area contributed by atoms with Crippen LogP contribution in [0, 0.1) is 6.92 Å². The number of carboxylic acids is 1. The first-order valence-electron chi connectivity index (χ1n) is 7.60. The predicted octanol–water partition coefficient (Wildman–Crippen LogP) is 2.29. The van der Waals surface area contributed by atoms with Gasteiger partial charge >= 0.3 is 11.6 Å². The normalized spacial score (nSPS) is 12.0. The molecule has 0 bridgehead atoms. The van der Waals surface area contributed by atoms with Crippen LogP contribution in [0.2, 0.25) is 5.02 Å². The SMILES string of the molecule is CC[C@H](NC(=O)Cc1c(C)c2cc(Cl)c(OC)cc2oc1=O)C(=O)O. The van der Waals surface area contributed by atoms with Crippen molar-refractivity contribution in [2.75, 3.05) is 7.11 Å². The van der Waals surface area contributed by atoms with E-state index in [2.05, 4.69) is 5.32 Å². The highest BCUT2D eigenvalue weighted by Gasteiger charge is 2.21.